The van der Waals surface area contributed by atoms with Crippen LogP contribution < -0.4 is 5.32 Å². The highest BCUT2D eigenvalue weighted by atomic mass is 16.6. The Morgan fingerprint density at radius 3 is 2.44 bits per heavy atom. The Balaban J connectivity index is 1.43. The Hall–Kier alpha value is -3.67. The number of carbonyl (C=O) groups excluding carboxylic acids is 5. The molecule has 3 heterocycles. The van der Waals surface area contributed by atoms with Crippen molar-refractivity contribution in [2.75, 3.05) is 13.1 Å². The molecule has 0 radical (unpaired) electrons. The summed E-state index contributed by atoms with van der Waals surface area (Å²) < 4.78 is 5.32. The highest BCUT2D eigenvalue weighted by molar-refractivity contribution is 6.23. The number of amides is 5. The zero-order chi connectivity index (χ0) is 23.2. The predicted octanol–water partition coefficient (Wildman–Crippen LogP) is 1.31. The summed E-state index contributed by atoms with van der Waals surface area (Å²) in [6.07, 6.45) is -0.188. The first kappa shape index (κ1) is 21.6. The molecule has 1 N–H and O–H groups in total. The van der Waals surface area contributed by atoms with Gasteiger partial charge in [-0.25, -0.2) is 4.79 Å². The average Bonchev–Trinajstić information content (AvgIpc) is 2.90. The highest BCUT2D eigenvalue weighted by Crippen LogP contribution is 2.28. The van der Waals surface area contributed by atoms with Crippen molar-refractivity contribution in [3.05, 3.63) is 34.9 Å². The fourth-order valence-corrected chi connectivity index (χ4v) is 3.78. The van der Waals surface area contributed by atoms with E-state index >= 15 is 0 Å². The average molecular weight is 437 g/mol. The zero-order valence-electron chi connectivity index (χ0n) is 18.1. The van der Waals surface area contributed by atoms with Gasteiger partial charge in [-0.1, -0.05) is 11.8 Å². The Bertz CT molecular complexity index is 1100. The van der Waals surface area contributed by atoms with Crippen molar-refractivity contribution < 1.29 is 28.7 Å². The van der Waals surface area contributed by atoms with Crippen LogP contribution in [0.3, 0.4) is 0 Å². The Morgan fingerprint density at radius 1 is 1.09 bits per heavy atom. The molecule has 32 heavy (non-hydrogen) atoms. The number of likely N-dealkylation sites (tertiary alicyclic amines) is 1. The van der Waals surface area contributed by atoms with Gasteiger partial charge in [0.1, 0.15) is 11.6 Å². The van der Waals surface area contributed by atoms with Crippen LogP contribution in [-0.4, -0.2) is 64.3 Å². The van der Waals surface area contributed by atoms with Gasteiger partial charge in [0.05, 0.1) is 17.0 Å². The number of carbonyl (C=O) groups is 5. The molecule has 1 aromatic rings. The predicted molar refractivity (Wildman–Crippen MR) is 111 cm³/mol. The molecular formula is C23H23N3O6. The van der Waals surface area contributed by atoms with Crippen molar-refractivity contribution in [1.82, 2.24) is 15.1 Å². The molecule has 0 aliphatic carbocycles. The molecule has 0 saturated carbocycles. The van der Waals surface area contributed by atoms with Gasteiger partial charge >= 0.3 is 6.09 Å². The fourth-order valence-electron chi connectivity index (χ4n) is 3.78. The van der Waals surface area contributed by atoms with Crippen LogP contribution in [0.25, 0.3) is 0 Å². The zero-order valence-corrected chi connectivity index (χ0v) is 18.1. The lowest BCUT2D eigenvalue weighted by Crippen LogP contribution is -2.54. The standard InChI is InChI=1S/C23H23N3O6/c1-23(2,3)32-22(31)25-11-14(12-25)5-4-13-6-7-15-16(10-13)21(30)26(20(15)29)17-8-9-18(27)24-19(17)28/h6-7,10,14,17H,8-9,11-12H2,1-3H3,(H,24,27,28). The fraction of sp³-hybridized carbons (Fsp3) is 0.435. The lowest BCUT2D eigenvalue weighted by molar-refractivity contribution is -0.136. The molecule has 3 aliphatic heterocycles. The quantitative estimate of drug-likeness (QED) is 0.524. The first-order valence-corrected chi connectivity index (χ1v) is 10.4. The number of benzene rings is 1. The van der Waals surface area contributed by atoms with Gasteiger partial charge in [-0.3, -0.25) is 29.4 Å². The van der Waals surface area contributed by atoms with Crippen LogP contribution in [0.15, 0.2) is 18.2 Å². The molecule has 2 saturated heterocycles. The van der Waals surface area contributed by atoms with Gasteiger partial charge in [0.2, 0.25) is 11.8 Å². The molecule has 4 rings (SSSR count). The van der Waals surface area contributed by atoms with E-state index in [0.29, 0.717) is 18.7 Å². The monoisotopic (exact) mass is 437 g/mol. The molecule has 3 aliphatic rings. The molecule has 9 nitrogen and oxygen atoms in total. The number of imide groups is 2. The van der Waals surface area contributed by atoms with Gasteiger partial charge in [0.15, 0.2) is 0 Å². The van der Waals surface area contributed by atoms with Crippen molar-refractivity contribution >= 4 is 29.7 Å². The minimum Gasteiger partial charge on any atom is -0.444 e. The Kier molecular flexibility index (Phi) is 5.25. The van der Waals surface area contributed by atoms with Crippen molar-refractivity contribution in [2.24, 2.45) is 5.92 Å². The van der Waals surface area contributed by atoms with Gasteiger partial charge in [0.25, 0.3) is 11.8 Å². The van der Waals surface area contributed by atoms with E-state index in [0.717, 1.165) is 4.90 Å². The van der Waals surface area contributed by atoms with Crippen LogP contribution in [0.2, 0.25) is 0 Å². The molecular weight excluding hydrogens is 414 g/mol. The third-order valence-electron chi connectivity index (χ3n) is 5.39. The van der Waals surface area contributed by atoms with Crippen LogP contribution in [0.1, 0.15) is 59.9 Å². The lowest BCUT2D eigenvalue weighted by atomic mass is 10.0. The van der Waals surface area contributed by atoms with Gasteiger partial charge in [-0.15, -0.1) is 0 Å². The third-order valence-corrected chi connectivity index (χ3v) is 5.39. The third kappa shape index (κ3) is 4.08. The maximum atomic E-state index is 12.9. The van der Waals surface area contributed by atoms with E-state index in [1.807, 2.05) is 20.8 Å². The maximum Gasteiger partial charge on any atom is 0.410 e. The summed E-state index contributed by atoms with van der Waals surface area (Å²) in [6.45, 7) is 6.36. The van der Waals surface area contributed by atoms with E-state index in [4.69, 9.17) is 4.74 Å². The number of fused-ring (bicyclic) bond motifs is 1. The maximum absolute atomic E-state index is 12.9. The topological polar surface area (TPSA) is 113 Å². The molecule has 1 unspecified atom stereocenters. The summed E-state index contributed by atoms with van der Waals surface area (Å²) in [6, 6.07) is 3.72. The largest absolute Gasteiger partial charge is 0.444 e. The van der Waals surface area contributed by atoms with Crippen molar-refractivity contribution in [1.29, 1.82) is 0 Å². The summed E-state index contributed by atoms with van der Waals surface area (Å²) in [4.78, 5) is 63.6. The minimum absolute atomic E-state index is 0.00641. The second kappa shape index (κ2) is 7.79. The summed E-state index contributed by atoms with van der Waals surface area (Å²) in [5.41, 5.74) is 0.412. The molecule has 0 spiro atoms. The summed E-state index contributed by atoms with van der Waals surface area (Å²) in [5, 5.41) is 2.17. The number of hydrogen-bond donors (Lipinski definition) is 1. The molecule has 1 atom stereocenters. The molecule has 5 amide bonds. The second-order valence-electron chi connectivity index (χ2n) is 9.06. The normalized spacial score (nSPS) is 20.9. The van der Waals surface area contributed by atoms with Crippen LogP contribution in [0.4, 0.5) is 4.79 Å². The van der Waals surface area contributed by atoms with Crippen molar-refractivity contribution in [3.8, 4) is 11.8 Å². The first-order valence-electron chi connectivity index (χ1n) is 10.4. The Labute approximate surface area is 185 Å². The molecule has 2 fully saturated rings. The van der Waals surface area contributed by atoms with Crippen LogP contribution in [0.5, 0.6) is 0 Å². The molecule has 166 valence electrons. The SMILES string of the molecule is CC(C)(C)OC(=O)N1CC(C#Cc2ccc3c(c2)C(=O)N(C2CCC(=O)NC2=O)C3=O)C1. The number of rotatable bonds is 1. The van der Waals surface area contributed by atoms with Crippen molar-refractivity contribution in [2.45, 2.75) is 45.3 Å². The van der Waals surface area contributed by atoms with Gasteiger partial charge in [-0.05, 0) is 45.4 Å². The van der Waals surface area contributed by atoms with Gasteiger partial charge < -0.3 is 9.64 Å². The van der Waals surface area contributed by atoms with E-state index in [-0.39, 0.29) is 36.0 Å². The van der Waals surface area contributed by atoms with E-state index in [9.17, 15) is 24.0 Å². The number of nitrogens with zero attached hydrogens (tertiary/aromatic N) is 2. The number of nitrogens with one attached hydrogen (secondary N) is 1. The van der Waals surface area contributed by atoms with E-state index < -0.39 is 35.3 Å². The highest BCUT2D eigenvalue weighted by Gasteiger charge is 2.44. The summed E-state index contributed by atoms with van der Waals surface area (Å²) in [7, 11) is 0. The molecule has 0 aromatic heterocycles. The smallest absolute Gasteiger partial charge is 0.410 e. The van der Waals surface area contributed by atoms with E-state index in [1.54, 1.807) is 17.0 Å². The van der Waals surface area contributed by atoms with Gasteiger partial charge in [0, 0.05) is 25.1 Å². The Morgan fingerprint density at radius 2 is 1.78 bits per heavy atom. The second-order valence-corrected chi connectivity index (χ2v) is 9.06. The van der Waals surface area contributed by atoms with Gasteiger partial charge in [-0.2, -0.15) is 0 Å². The van der Waals surface area contributed by atoms with Crippen LogP contribution in [0, 0.1) is 17.8 Å². The van der Waals surface area contributed by atoms with Crippen molar-refractivity contribution in [3.63, 3.8) is 0 Å². The molecule has 0 bridgehead atoms. The van der Waals surface area contributed by atoms with E-state index in [2.05, 4.69) is 17.2 Å². The summed E-state index contributed by atoms with van der Waals surface area (Å²) >= 11 is 0. The number of ether oxygens (including phenoxy) is 1. The molecule has 9 heteroatoms. The summed E-state index contributed by atoms with van der Waals surface area (Å²) in [5.74, 6) is 3.89. The molecule has 1 aromatic carbocycles. The van der Waals surface area contributed by atoms with Crippen LogP contribution in [-0.2, 0) is 14.3 Å². The van der Waals surface area contributed by atoms with E-state index in [1.165, 1.54) is 6.07 Å². The van der Waals surface area contributed by atoms with Crippen LogP contribution >= 0.6 is 0 Å². The number of piperidine rings is 1. The minimum atomic E-state index is -0.997. The lowest BCUT2D eigenvalue weighted by Gasteiger charge is -2.37. The number of hydrogen-bond acceptors (Lipinski definition) is 6. The first-order chi connectivity index (χ1) is 15.0.